The van der Waals surface area contributed by atoms with E-state index in [9.17, 15) is 5.26 Å². The highest BCUT2D eigenvalue weighted by atomic mass is 79.9. The van der Waals surface area contributed by atoms with Crippen molar-refractivity contribution in [3.8, 4) is 6.07 Å². The van der Waals surface area contributed by atoms with Crippen LogP contribution in [-0.4, -0.2) is 50.2 Å². The number of piperazine rings is 1. The van der Waals surface area contributed by atoms with Crippen LogP contribution in [0.2, 0.25) is 0 Å². The van der Waals surface area contributed by atoms with E-state index in [2.05, 4.69) is 37.1 Å². The zero-order valence-corrected chi connectivity index (χ0v) is 12.4. The summed E-state index contributed by atoms with van der Waals surface area (Å²) >= 11 is 3.46. The van der Waals surface area contributed by atoms with Gasteiger partial charge in [-0.2, -0.15) is 5.26 Å². The van der Waals surface area contributed by atoms with Crippen LogP contribution in [0.4, 0.5) is 5.69 Å². The molecule has 19 heavy (non-hydrogen) atoms. The molecule has 3 rings (SSSR count). The number of hydrogen-bond donors (Lipinski definition) is 1. The lowest BCUT2D eigenvalue weighted by molar-refractivity contribution is 0.138. The molecule has 0 radical (unpaired) electrons. The van der Waals surface area contributed by atoms with Gasteiger partial charge >= 0.3 is 0 Å². The number of nitrogens with one attached hydrogen (secondary N) is 1. The Morgan fingerprint density at radius 1 is 1.21 bits per heavy atom. The zero-order chi connectivity index (χ0) is 13.2. The van der Waals surface area contributed by atoms with Gasteiger partial charge in [-0.15, -0.1) is 0 Å². The predicted octanol–water partition coefficient (Wildman–Crippen LogP) is 1.41. The number of halogens is 1. The van der Waals surface area contributed by atoms with Crippen LogP contribution in [0.1, 0.15) is 5.56 Å². The molecule has 5 heteroatoms. The number of benzene rings is 1. The Kier molecular flexibility index (Phi) is 3.74. The third-order valence-corrected chi connectivity index (χ3v) is 4.70. The third kappa shape index (κ3) is 2.48. The molecule has 2 aliphatic rings. The summed E-state index contributed by atoms with van der Waals surface area (Å²) in [4.78, 5) is 4.88. The number of hydrogen-bond acceptors (Lipinski definition) is 4. The Hall–Kier alpha value is -1.09. The Balaban J connectivity index is 1.71. The molecule has 0 spiro atoms. The van der Waals surface area contributed by atoms with E-state index in [1.807, 2.05) is 18.2 Å². The minimum Gasteiger partial charge on any atom is -0.368 e. The smallest absolute Gasteiger partial charge is 0.103 e. The van der Waals surface area contributed by atoms with Crippen LogP contribution in [0, 0.1) is 11.3 Å². The minimum atomic E-state index is 0.722. The average molecular weight is 321 g/mol. The van der Waals surface area contributed by atoms with E-state index >= 15 is 0 Å². The molecule has 0 saturated carbocycles. The largest absolute Gasteiger partial charge is 0.368 e. The van der Waals surface area contributed by atoms with Crippen molar-refractivity contribution < 1.29 is 0 Å². The Morgan fingerprint density at radius 3 is 2.53 bits per heavy atom. The standard InChI is InChI=1S/C14H17BrN4/c15-13-2-1-3-14(12(13)8-16)19-6-4-18(5-7-19)11-9-17-10-11/h1-3,11,17H,4-7,9-10H2. The molecule has 2 heterocycles. The van der Waals surface area contributed by atoms with E-state index < -0.39 is 0 Å². The van der Waals surface area contributed by atoms with E-state index in [1.54, 1.807) is 0 Å². The van der Waals surface area contributed by atoms with Crippen molar-refractivity contribution in [3.05, 3.63) is 28.2 Å². The molecule has 1 N–H and O–H groups in total. The fourth-order valence-corrected chi connectivity index (χ4v) is 3.19. The summed E-state index contributed by atoms with van der Waals surface area (Å²) < 4.78 is 0.887. The number of anilines is 1. The van der Waals surface area contributed by atoms with Crippen molar-refractivity contribution in [2.24, 2.45) is 0 Å². The van der Waals surface area contributed by atoms with Crippen molar-refractivity contribution in [1.82, 2.24) is 10.2 Å². The monoisotopic (exact) mass is 320 g/mol. The van der Waals surface area contributed by atoms with E-state index in [4.69, 9.17) is 0 Å². The second kappa shape index (κ2) is 5.49. The number of nitriles is 1. The molecule has 1 aromatic rings. The normalized spacial score (nSPS) is 20.9. The van der Waals surface area contributed by atoms with Crippen molar-refractivity contribution >= 4 is 21.6 Å². The van der Waals surface area contributed by atoms with Gasteiger partial charge in [0.15, 0.2) is 0 Å². The molecule has 2 saturated heterocycles. The van der Waals surface area contributed by atoms with E-state index in [1.165, 1.54) is 0 Å². The first-order valence-corrected chi connectivity index (χ1v) is 7.47. The van der Waals surface area contributed by atoms with Crippen molar-refractivity contribution in [1.29, 1.82) is 5.26 Å². The van der Waals surface area contributed by atoms with E-state index in [-0.39, 0.29) is 0 Å². The van der Waals surface area contributed by atoms with Crippen molar-refractivity contribution in [2.45, 2.75) is 6.04 Å². The quantitative estimate of drug-likeness (QED) is 0.894. The molecule has 1 aromatic carbocycles. The third-order valence-electron chi connectivity index (χ3n) is 4.03. The lowest BCUT2D eigenvalue weighted by Gasteiger charge is -2.44. The maximum atomic E-state index is 9.29. The van der Waals surface area contributed by atoms with Gasteiger partial charge in [-0.3, -0.25) is 4.90 Å². The lowest BCUT2D eigenvalue weighted by Crippen LogP contribution is -2.61. The first-order chi connectivity index (χ1) is 9.29. The lowest BCUT2D eigenvalue weighted by atomic mass is 10.1. The van der Waals surface area contributed by atoms with Gasteiger partial charge in [0.2, 0.25) is 0 Å². The summed E-state index contributed by atoms with van der Waals surface area (Å²) in [5.74, 6) is 0. The first-order valence-electron chi connectivity index (χ1n) is 6.68. The zero-order valence-electron chi connectivity index (χ0n) is 10.8. The maximum Gasteiger partial charge on any atom is 0.103 e. The fraction of sp³-hybridized carbons (Fsp3) is 0.500. The highest BCUT2D eigenvalue weighted by molar-refractivity contribution is 9.10. The average Bonchev–Trinajstić information content (AvgIpc) is 2.37. The molecule has 2 aliphatic heterocycles. The topological polar surface area (TPSA) is 42.3 Å². The van der Waals surface area contributed by atoms with Gasteiger partial charge in [-0.1, -0.05) is 6.07 Å². The van der Waals surface area contributed by atoms with Crippen LogP contribution in [0.3, 0.4) is 0 Å². The highest BCUT2D eigenvalue weighted by Crippen LogP contribution is 2.28. The minimum absolute atomic E-state index is 0.722. The van der Waals surface area contributed by atoms with Crippen molar-refractivity contribution in [2.75, 3.05) is 44.2 Å². The molecule has 4 nitrogen and oxygen atoms in total. The van der Waals surface area contributed by atoms with Gasteiger partial charge in [0.25, 0.3) is 0 Å². The molecular formula is C14H17BrN4. The maximum absolute atomic E-state index is 9.29. The second-order valence-corrected chi connectivity index (χ2v) is 5.94. The molecule has 0 aromatic heterocycles. The van der Waals surface area contributed by atoms with Crippen LogP contribution in [0.5, 0.6) is 0 Å². The van der Waals surface area contributed by atoms with Crippen LogP contribution in [0.15, 0.2) is 22.7 Å². The Labute approximate surface area is 122 Å². The first kappa shape index (κ1) is 12.9. The van der Waals surface area contributed by atoms with Gasteiger partial charge in [-0.25, -0.2) is 0 Å². The van der Waals surface area contributed by atoms with Crippen LogP contribution in [0.25, 0.3) is 0 Å². The molecule has 0 unspecified atom stereocenters. The van der Waals surface area contributed by atoms with E-state index in [0.29, 0.717) is 0 Å². The molecular weight excluding hydrogens is 304 g/mol. The van der Waals surface area contributed by atoms with Gasteiger partial charge in [0.05, 0.1) is 11.3 Å². The molecule has 100 valence electrons. The molecule has 0 amide bonds. The molecule has 2 fully saturated rings. The van der Waals surface area contributed by atoms with Gasteiger partial charge in [0, 0.05) is 49.8 Å². The van der Waals surface area contributed by atoms with Crippen LogP contribution in [-0.2, 0) is 0 Å². The molecule has 0 atom stereocenters. The van der Waals surface area contributed by atoms with Crippen molar-refractivity contribution in [3.63, 3.8) is 0 Å². The summed E-state index contributed by atoms with van der Waals surface area (Å²) in [5, 5.41) is 12.6. The summed E-state index contributed by atoms with van der Waals surface area (Å²) in [7, 11) is 0. The Morgan fingerprint density at radius 2 is 1.95 bits per heavy atom. The molecule has 0 bridgehead atoms. The number of nitrogens with zero attached hydrogens (tertiary/aromatic N) is 3. The fourth-order valence-electron chi connectivity index (χ4n) is 2.75. The summed E-state index contributed by atoms with van der Waals surface area (Å²) in [6.45, 7) is 6.43. The summed E-state index contributed by atoms with van der Waals surface area (Å²) in [6.07, 6.45) is 0. The van der Waals surface area contributed by atoms with Gasteiger partial charge in [0.1, 0.15) is 6.07 Å². The second-order valence-electron chi connectivity index (χ2n) is 5.08. The molecule has 0 aliphatic carbocycles. The Bertz CT molecular complexity index is 499. The van der Waals surface area contributed by atoms with E-state index in [0.717, 1.165) is 61.0 Å². The highest BCUT2D eigenvalue weighted by Gasteiger charge is 2.28. The SMILES string of the molecule is N#Cc1c(Br)cccc1N1CCN(C2CNC2)CC1. The van der Waals surface area contributed by atoms with Crippen LogP contribution < -0.4 is 10.2 Å². The summed E-state index contributed by atoms with van der Waals surface area (Å²) in [5.41, 5.74) is 1.81. The van der Waals surface area contributed by atoms with Gasteiger partial charge < -0.3 is 10.2 Å². The predicted molar refractivity (Wildman–Crippen MR) is 79.3 cm³/mol. The van der Waals surface area contributed by atoms with Crippen LogP contribution >= 0.6 is 15.9 Å². The number of rotatable bonds is 2. The van der Waals surface area contributed by atoms with Gasteiger partial charge in [-0.05, 0) is 28.1 Å². The summed E-state index contributed by atoms with van der Waals surface area (Å²) in [6, 6.07) is 9.00.